The van der Waals surface area contributed by atoms with Crippen LogP contribution in [-0.2, 0) is 19.0 Å². The van der Waals surface area contributed by atoms with Gasteiger partial charge in [0.15, 0.2) is 6.29 Å². The normalized spacial score (nSPS) is 51.6. The second-order valence-corrected chi connectivity index (χ2v) is 18.0. The molecule has 48 heavy (non-hydrogen) atoms. The molecule has 6 N–H and O–H groups in total. The van der Waals surface area contributed by atoms with Gasteiger partial charge in [-0.25, -0.2) is 0 Å². The van der Waals surface area contributed by atoms with E-state index in [4.69, 9.17) is 14.2 Å². The predicted octanol–water partition coefficient (Wildman–Crippen LogP) is 3.48. The molecule has 6 rings (SSSR count). The Morgan fingerprint density at radius 2 is 1.65 bits per heavy atom. The Kier molecular flexibility index (Phi) is 9.58. The van der Waals surface area contributed by atoms with Crippen molar-refractivity contribution in [3.63, 3.8) is 0 Å². The Bertz CT molecular complexity index is 1250. The highest BCUT2D eigenvalue weighted by molar-refractivity contribution is 5.65. The minimum absolute atomic E-state index is 0.0239. The minimum Gasteiger partial charge on any atom is -0.463 e. The second-order valence-electron chi connectivity index (χ2n) is 18.0. The van der Waals surface area contributed by atoms with Crippen molar-refractivity contribution in [2.45, 2.75) is 155 Å². The molecule has 0 amide bonds. The van der Waals surface area contributed by atoms with Gasteiger partial charge in [-0.1, -0.05) is 46.3 Å². The van der Waals surface area contributed by atoms with Crippen LogP contribution in [0.25, 0.3) is 0 Å². The van der Waals surface area contributed by atoms with E-state index in [1.807, 2.05) is 6.92 Å². The lowest BCUT2D eigenvalue weighted by Crippen LogP contribution is -2.64. The number of rotatable bonds is 9. The van der Waals surface area contributed by atoms with Crippen molar-refractivity contribution < 1.29 is 49.6 Å². The molecule has 6 fully saturated rings. The van der Waals surface area contributed by atoms with E-state index in [0.29, 0.717) is 24.7 Å². The number of hydrogen-bond donors (Lipinski definition) is 6. The highest BCUT2D eigenvalue weighted by atomic mass is 16.7. The van der Waals surface area contributed by atoms with Crippen molar-refractivity contribution in [3.05, 3.63) is 11.6 Å². The highest BCUT2D eigenvalue weighted by Gasteiger charge is 2.84. The van der Waals surface area contributed by atoms with Crippen molar-refractivity contribution in [2.24, 2.45) is 50.7 Å². The molecule has 1 aliphatic heterocycles. The van der Waals surface area contributed by atoms with Gasteiger partial charge < -0.3 is 44.8 Å². The number of allylic oxidation sites excluding steroid dienone is 1. The average molecular weight is 679 g/mol. The van der Waals surface area contributed by atoms with Crippen molar-refractivity contribution in [3.8, 4) is 0 Å². The molecule has 274 valence electrons. The van der Waals surface area contributed by atoms with Crippen LogP contribution in [0.5, 0.6) is 0 Å². The Morgan fingerprint density at radius 3 is 2.31 bits per heavy atom. The van der Waals surface area contributed by atoms with Gasteiger partial charge in [-0.3, -0.25) is 4.79 Å². The fourth-order valence-corrected chi connectivity index (χ4v) is 13.1. The van der Waals surface area contributed by atoms with Gasteiger partial charge in [-0.15, -0.1) is 0 Å². The summed E-state index contributed by atoms with van der Waals surface area (Å²) in [4.78, 5) is 11.4. The van der Waals surface area contributed by atoms with Gasteiger partial charge in [-0.05, 0) is 115 Å². The average Bonchev–Trinajstić information content (AvgIpc) is 3.60. The smallest absolute Gasteiger partial charge is 0.302 e. The predicted molar refractivity (Wildman–Crippen MR) is 177 cm³/mol. The Hall–Kier alpha value is -1.11. The first kappa shape index (κ1) is 36.7. The summed E-state index contributed by atoms with van der Waals surface area (Å²) in [5.41, 5.74) is 0.468. The van der Waals surface area contributed by atoms with Gasteiger partial charge in [0.1, 0.15) is 31.0 Å². The molecule has 1 heterocycles. The third-order valence-corrected chi connectivity index (χ3v) is 15.4. The number of carbonyl (C=O) groups is 1. The molecular weight excluding hydrogens is 616 g/mol. The van der Waals surface area contributed by atoms with Crippen molar-refractivity contribution in [1.29, 1.82) is 0 Å². The quantitative estimate of drug-likeness (QED) is 0.121. The highest BCUT2D eigenvalue weighted by Crippen LogP contribution is 2.89. The monoisotopic (exact) mass is 678 g/mol. The van der Waals surface area contributed by atoms with Crippen molar-refractivity contribution in [2.75, 3.05) is 13.2 Å². The molecule has 0 aromatic carbocycles. The summed E-state index contributed by atoms with van der Waals surface area (Å²) in [6.45, 7) is 14.4. The maximum Gasteiger partial charge on any atom is 0.302 e. The van der Waals surface area contributed by atoms with Crippen LogP contribution < -0.4 is 0 Å². The van der Waals surface area contributed by atoms with E-state index in [1.165, 1.54) is 6.92 Å². The topological polar surface area (TPSA) is 166 Å². The van der Waals surface area contributed by atoms with Gasteiger partial charge in [0.25, 0.3) is 0 Å². The molecule has 5 aliphatic carbocycles. The summed E-state index contributed by atoms with van der Waals surface area (Å²) in [5, 5.41) is 65.3. The maximum absolute atomic E-state index is 12.2. The summed E-state index contributed by atoms with van der Waals surface area (Å²) < 4.78 is 17.4. The largest absolute Gasteiger partial charge is 0.463 e. The molecule has 10 nitrogen and oxygen atoms in total. The lowest BCUT2D eigenvalue weighted by Gasteiger charge is -2.64. The zero-order valence-corrected chi connectivity index (χ0v) is 30.1. The zero-order valence-electron chi connectivity index (χ0n) is 30.1. The van der Waals surface area contributed by atoms with E-state index in [0.717, 1.165) is 50.5 Å². The number of carbonyl (C=O) groups excluding carboxylic acids is 1. The van der Waals surface area contributed by atoms with Gasteiger partial charge in [-0.2, -0.15) is 0 Å². The third-order valence-electron chi connectivity index (χ3n) is 15.4. The summed E-state index contributed by atoms with van der Waals surface area (Å²) >= 11 is 0. The van der Waals surface area contributed by atoms with Crippen molar-refractivity contribution in [1.82, 2.24) is 0 Å². The Morgan fingerprint density at radius 1 is 0.938 bits per heavy atom. The van der Waals surface area contributed by atoms with Crippen LogP contribution in [0.4, 0.5) is 0 Å². The molecule has 1 saturated heterocycles. The summed E-state index contributed by atoms with van der Waals surface area (Å²) in [5.74, 6) is 0.280. The summed E-state index contributed by atoms with van der Waals surface area (Å²) in [6.07, 6.45) is 2.27. The molecule has 6 aliphatic rings. The zero-order chi connectivity index (χ0) is 35.2. The summed E-state index contributed by atoms with van der Waals surface area (Å²) in [6, 6.07) is 0. The Labute approximate surface area is 286 Å². The fourth-order valence-electron chi connectivity index (χ4n) is 13.1. The maximum atomic E-state index is 12.2. The van der Waals surface area contributed by atoms with E-state index in [-0.39, 0.29) is 58.9 Å². The first-order valence-electron chi connectivity index (χ1n) is 18.5. The first-order chi connectivity index (χ1) is 22.4. The number of ether oxygens (including phenoxy) is 3. The van der Waals surface area contributed by atoms with E-state index in [1.54, 1.807) is 0 Å². The number of fused-ring (bicyclic) bond motifs is 2. The number of esters is 1. The van der Waals surface area contributed by atoms with Gasteiger partial charge in [0, 0.05) is 6.92 Å². The molecule has 0 bridgehead atoms. The van der Waals surface area contributed by atoms with Crippen LogP contribution in [-0.4, -0.2) is 98.8 Å². The molecule has 0 unspecified atom stereocenters. The number of aliphatic hydroxyl groups excluding tert-OH is 6. The molecule has 0 aromatic heterocycles. The van der Waals surface area contributed by atoms with E-state index < -0.39 is 48.2 Å². The standard InChI is InChI=1S/C38H62O10/c1-20(17-39)9-8-10-21(2)28-24(42)16-36(7)26-15-23(41)32-34(4,5)27(11-12-38(32)19-37(26,38)14-13-35(28,36)6)48-33-31(45)30(44)29(43)25(47-33)18-46-22(3)40/h9,21,23-33,39,41-45H,8,10-19H2,1-7H3/b20-9+/t21-,23+,24+,25-,26+,27+,28+,29-,30+,31-,32-,33+,35-,36+,37+,38-/m1/s1. The minimum atomic E-state index is -1.53. The number of hydrogen-bond acceptors (Lipinski definition) is 10. The van der Waals surface area contributed by atoms with Gasteiger partial charge in [0.2, 0.25) is 0 Å². The fraction of sp³-hybridized carbons (Fsp3) is 0.921. The Balaban J connectivity index is 1.21. The van der Waals surface area contributed by atoms with Crippen LogP contribution in [0.15, 0.2) is 11.6 Å². The van der Waals surface area contributed by atoms with Crippen molar-refractivity contribution >= 4 is 5.97 Å². The van der Waals surface area contributed by atoms with Crippen LogP contribution in [0.2, 0.25) is 0 Å². The third kappa shape index (κ3) is 5.29. The molecule has 16 atom stereocenters. The van der Waals surface area contributed by atoms with E-state index >= 15 is 0 Å². The van der Waals surface area contributed by atoms with E-state index in [2.05, 4.69) is 40.7 Å². The van der Waals surface area contributed by atoms with E-state index in [9.17, 15) is 35.4 Å². The second kappa shape index (κ2) is 12.5. The molecule has 5 saturated carbocycles. The molecule has 0 radical (unpaired) electrons. The lowest BCUT2D eigenvalue weighted by atomic mass is 9.41. The van der Waals surface area contributed by atoms with Crippen LogP contribution in [0.1, 0.15) is 106 Å². The molecule has 2 spiro atoms. The summed E-state index contributed by atoms with van der Waals surface area (Å²) in [7, 11) is 0. The number of aliphatic hydroxyl groups is 6. The molecule has 0 aromatic rings. The van der Waals surface area contributed by atoms with Crippen LogP contribution in [0, 0.1) is 50.7 Å². The molecular formula is C38H62O10. The van der Waals surface area contributed by atoms with Gasteiger partial charge in [0.05, 0.1) is 24.9 Å². The molecule has 10 heteroatoms. The van der Waals surface area contributed by atoms with Crippen LogP contribution in [0.3, 0.4) is 0 Å². The first-order valence-corrected chi connectivity index (χ1v) is 18.5. The lowest BCUT2D eigenvalue weighted by molar-refractivity contribution is -0.329. The van der Waals surface area contributed by atoms with Crippen LogP contribution >= 0.6 is 0 Å². The van der Waals surface area contributed by atoms with Gasteiger partial charge >= 0.3 is 5.97 Å². The SMILES string of the molecule is CC(=O)OC[C@H]1O[C@@H](O[C@H]2CC[C@]34C[C@]35CC[C@]3(C)[C@@H]([C@H](C)CC/C=C(\C)CO)[C@@H](O)C[C@@]3(C)[C@@H]5C[C@H](O)[C@@H]4C2(C)C)[C@H](O)[C@@H](O)[C@@H]1O.